The second-order valence-corrected chi connectivity index (χ2v) is 7.23. The molecule has 0 aliphatic carbocycles. The van der Waals surface area contributed by atoms with Crippen LogP contribution in [0.1, 0.15) is 35.7 Å². The summed E-state index contributed by atoms with van der Waals surface area (Å²) in [5.74, 6) is -0.230. The second kappa shape index (κ2) is 9.02. The first-order chi connectivity index (χ1) is 13.6. The van der Waals surface area contributed by atoms with Gasteiger partial charge in [-0.2, -0.15) is 0 Å². The molecule has 1 heterocycles. The van der Waals surface area contributed by atoms with Crippen molar-refractivity contribution in [2.24, 2.45) is 0 Å². The molecule has 2 N–H and O–H groups in total. The van der Waals surface area contributed by atoms with Crippen molar-refractivity contribution in [3.63, 3.8) is 0 Å². The second-order valence-electron chi connectivity index (χ2n) is 7.23. The number of benzene rings is 2. The van der Waals surface area contributed by atoms with E-state index in [1.54, 1.807) is 11.9 Å². The van der Waals surface area contributed by atoms with Crippen LogP contribution in [0.4, 0.5) is 0 Å². The summed E-state index contributed by atoms with van der Waals surface area (Å²) < 4.78 is 0. The van der Waals surface area contributed by atoms with Crippen molar-refractivity contribution in [2.45, 2.75) is 38.3 Å². The van der Waals surface area contributed by atoms with Gasteiger partial charge in [0.05, 0.1) is 0 Å². The summed E-state index contributed by atoms with van der Waals surface area (Å²) in [6.07, 6.45) is 2.92. The highest BCUT2D eigenvalue weighted by atomic mass is 16.2. The van der Waals surface area contributed by atoms with E-state index in [-0.39, 0.29) is 17.9 Å². The number of carbonyl (C=O) groups is 2. The van der Waals surface area contributed by atoms with E-state index < -0.39 is 6.04 Å². The van der Waals surface area contributed by atoms with Crippen LogP contribution in [0, 0.1) is 0 Å². The van der Waals surface area contributed by atoms with Crippen LogP contribution < -0.4 is 10.6 Å². The lowest BCUT2D eigenvalue weighted by atomic mass is 9.97. The highest BCUT2D eigenvalue weighted by molar-refractivity contribution is 6.03. The molecule has 2 aromatic rings. The van der Waals surface area contributed by atoms with Crippen LogP contribution >= 0.6 is 0 Å². The molecule has 0 aromatic heterocycles. The molecule has 148 valence electrons. The summed E-state index contributed by atoms with van der Waals surface area (Å²) in [7, 11) is 3.45. The fourth-order valence-corrected chi connectivity index (χ4v) is 4.01. The molecule has 2 atom stereocenters. The maximum absolute atomic E-state index is 13.4. The molecule has 0 bridgehead atoms. The molecule has 1 aliphatic rings. The maximum atomic E-state index is 13.4. The molecule has 2 amide bonds. The van der Waals surface area contributed by atoms with Crippen LogP contribution in [0.3, 0.4) is 0 Å². The standard InChI is InChI=1S/C23H29N3O2/c1-4-7-16-10-12-17(13-11-16)18-8-5-6-9-19(18)23(28)26-15-14-20(24-2)21(26)22(27)25-3/h5-6,8-13,20-21,24H,4,7,14-15H2,1-3H3,(H,25,27)/t20-,21-/m0/s1. The fraction of sp³-hybridized carbons (Fsp3) is 0.391. The number of rotatable bonds is 6. The minimum absolute atomic E-state index is 0.0376. The van der Waals surface area contributed by atoms with E-state index in [4.69, 9.17) is 0 Å². The van der Waals surface area contributed by atoms with E-state index >= 15 is 0 Å². The highest BCUT2D eigenvalue weighted by Gasteiger charge is 2.41. The topological polar surface area (TPSA) is 61.4 Å². The van der Waals surface area contributed by atoms with Gasteiger partial charge in [-0.1, -0.05) is 55.8 Å². The van der Waals surface area contributed by atoms with Gasteiger partial charge < -0.3 is 15.5 Å². The fourth-order valence-electron chi connectivity index (χ4n) is 4.01. The van der Waals surface area contributed by atoms with Gasteiger partial charge in [0.1, 0.15) is 6.04 Å². The van der Waals surface area contributed by atoms with Crippen LogP contribution in [-0.2, 0) is 11.2 Å². The van der Waals surface area contributed by atoms with Gasteiger partial charge in [0.2, 0.25) is 5.91 Å². The first kappa shape index (κ1) is 20.1. The number of hydrogen-bond donors (Lipinski definition) is 2. The Kier molecular flexibility index (Phi) is 6.47. The summed E-state index contributed by atoms with van der Waals surface area (Å²) in [5, 5.41) is 5.87. The number of hydrogen-bond acceptors (Lipinski definition) is 3. The predicted molar refractivity (Wildman–Crippen MR) is 112 cm³/mol. The quantitative estimate of drug-likeness (QED) is 0.811. The first-order valence-electron chi connectivity index (χ1n) is 9.98. The molecule has 1 aliphatic heterocycles. The average Bonchev–Trinajstić information content (AvgIpc) is 3.17. The monoisotopic (exact) mass is 379 g/mol. The van der Waals surface area contributed by atoms with Gasteiger partial charge in [-0.25, -0.2) is 0 Å². The van der Waals surface area contributed by atoms with Crippen molar-refractivity contribution in [1.82, 2.24) is 15.5 Å². The molecule has 5 nitrogen and oxygen atoms in total. The SMILES string of the molecule is CCCc1ccc(-c2ccccc2C(=O)N2CC[C@H](NC)[C@H]2C(=O)NC)cc1. The van der Waals surface area contributed by atoms with Gasteiger partial charge in [0, 0.05) is 25.2 Å². The Morgan fingerprint density at radius 3 is 2.43 bits per heavy atom. The Labute approximate surface area is 167 Å². The number of carbonyl (C=O) groups excluding carboxylic acids is 2. The molecular weight excluding hydrogens is 350 g/mol. The molecule has 0 radical (unpaired) electrons. The summed E-state index contributed by atoms with van der Waals surface area (Å²) >= 11 is 0. The van der Waals surface area contributed by atoms with Crippen LogP contribution in [0.15, 0.2) is 48.5 Å². The average molecular weight is 380 g/mol. The van der Waals surface area contributed by atoms with Gasteiger partial charge in [-0.05, 0) is 42.6 Å². The Balaban J connectivity index is 1.93. The van der Waals surface area contributed by atoms with Gasteiger partial charge in [-0.3, -0.25) is 9.59 Å². The van der Waals surface area contributed by atoms with Gasteiger partial charge in [-0.15, -0.1) is 0 Å². The van der Waals surface area contributed by atoms with Crippen LogP contribution in [0.5, 0.6) is 0 Å². The van der Waals surface area contributed by atoms with Gasteiger partial charge >= 0.3 is 0 Å². The minimum Gasteiger partial charge on any atom is -0.357 e. The van der Waals surface area contributed by atoms with E-state index in [2.05, 4.69) is 41.8 Å². The largest absolute Gasteiger partial charge is 0.357 e. The van der Waals surface area contributed by atoms with Gasteiger partial charge in [0.15, 0.2) is 0 Å². The summed E-state index contributed by atoms with van der Waals surface area (Å²) in [4.78, 5) is 27.6. The molecule has 1 saturated heterocycles. The highest BCUT2D eigenvalue weighted by Crippen LogP contribution is 2.28. The van der Waals surface area contributed by atoms with Crippen molar-refractivity contribution in [1.29, 1.82) is 0 Å². The van der Waals surface area contributed by atoms with Crippen molar-refractivity contribution in [3.05, 3.63) is 59.7 Å². The molecule has 2 aromatic carbocycles. The Bertz CT molecular complexity index is 832. The third-order valence-corrected chi connectivity index (χ3v) is 5.51. The minimum atomic E-state index is -0.498. The van der Waals surface area contributed by atoms with Crippen molar-refractivity contribution < 1.29 is 9.59 Å². The number of aryl methyl sites for hydroxylation is 1. The number of likely N-dealkylation sites (N-methyl/N-ethyl adjacent to an activating group) is 2. The summed E-state index contributed by atoms with van der Waals surface area (Å²) in [6.45, 7) is 2.73. The zero-order valence-electron chi connectivity index (χ0n) is 16.9. The smallest absolute Gasteiger partial charge is 0.255 e. The lowest BCUT2D eigenvalue weighted by Crippen LogP contribution is -2.52. The number of likely N-dealkylation sites (tertiary alicyclic amines) is 1. The van der Waals surface area contributed by atoms with Gasteiger partial charge in [0.25, 0.3) is 5.91 Å². The molecule has 1 fully saturated rings. The third kappa shape index (κ3) is 3.94. The van der Waals surface area contributed by atoms with Crippen molar-refractivity contribution >= 4 is 11.8 Å². The van der Waals surface area contributed by atoms with Crippen molar-refractivity contribution in [2.75, 3.05) is 20.6 Å². The first-order valence-corrected chi connectivity index (χ1v) is 9.98. The Morgan fingerprint density at radius 2 is 1.79 bits per heavy atom. The number of nitrogens with zero attached hydrogens (tertiary/aromatic N) is 1. The van der Waals surface area contributed by atoms with Crippen LogP contribution in [0.2, 0.25) is 0 Å². The lowest BCUT2D eigenvalue weighted by Gasteiger charge is -2.27. The zero-order valence-corrected chi connectivity index (χ0v) is 16.9. The van der Waals surface area contributed by atoms with E-state index in [1.807, 2.05) is 31.3 Å². The van der Waals surface area contributed by atoms with Crippen molar-refractivity contribution in [3.8, 4) is 11.1 Å². The van der Waals surface area contributed by atoms with E-state index in [0.29, 0.717) is 12.1 Å². The summed E-state index contributed by atoms with van der Waals surface area (Å²) in [6, 6.07) is 15.5. The molecule has 5 heteroatoms. The molecule has 0 spiro atoms. The normalized spacial score (nSPS) is 18.9. The van der Waals surface area contributed by atoms with Crippen LogP contribution in [0.25, 0.3) is 11.1 Å². The molecule has 3 rings (SSSR count). The molecule has 0 unspecified atom stereocenters. The molecule has 28 heavy (non-hydrogen) atoms. The van der Waals surface area contributed by atoms with E-state index in [1.165, 1.54) is 5.56 Å². The van der Waals surface area contributed by atoms with Crippen LogP contribution in [-0.4, -0.2) is 49.4 Å². The number of amides is 2. The lowest BCUT2D eigenvalue weighted by molar-refractivity contribution is -0.124. The molecule has 0 saturated carbocycles. The number of nitrogens with one attached hydrogen (secondary N) is 2. The maximum Gasteiger partial charge on any atom is 0.255 e. The summed E-state index contributed by atoms with van der Waals surface area (Å²) in [5.41, 5.74) is 3.85. The predicted octanol–water partition coefficient (Wildman–Crippen LogP) is 2.85. The Hall–Kier alpha value is -2.66. The van der Waals surface area contributed by atoms with E-state index in [9.17, 15) is 9.59 Å². The zero-order chi connectivity index (χ0) is 20.1. The molecular formula is C23H29N3O2. The van der Waals surface area contributed by atoms with E-state index in [0.717, 1.165) is 30.4 Å². The Morgan fingerprint density at radius 1 is 1.07 bits per heavy atom. The third-order valence-electron chi connectivity index (χ3n) is 5.51.